The Labute approximate surface area is 153 Å². The van der Waals surface area contributed by atoms with Gasteiger partial charge in [-0.1, -0.05) is 56.3 Å². The number of benzene rings is 2. The van der Waals surface area contributed by atoms with Crippen molar-refractivity contribution < 1.29 is 4.79 Å². The van der Waals surface area contributed by atoms with E-state index < -0.39 is 0 Å². The second kappa shape index (κ2) is 8.25. The summed E-state index contributed by atoms with van der Waals surface area (Å²) < 4.78 is 0. The molecule has 1 heterocycles. The van der Waals surface area contributed by atoms with Gasteiger partial charge in [0, 0.05) is 18.3 Å². The van der Waals surface area contributed by atoms with E-state index in [9.17, 15) is 4.79 Å². The lowest BCUT2D eigenvalue weighted by molar-refractivity contribution is 0.0946. The largest absolute Gasteiger partial charge is 0.347 e. The van der Waals surface area contributed by atoms with Gasteiger partial charge in [0.15, 0.2) is 0 Å². The predicted octanol–water partition coefficient (Wildman–Crippen LogP) is 4.27. The van der Waals surface area contributed by atoms with Gasteiger partial charge in [0.1, 0.15) is 17.8 Å². The molecule has 5 heteroatoms. The SMILES string of the molecule is CC(C)c1ccc(Nc2cc(C(=O)NCc3ccccc3)ncn2)cc1. The number of rotatable bonds is 6. The predicted molar refractivity (Wildman–Crippen MR) is 103 cm³/mol. The summed E-state index contributed by atoms with van der Waals surface area (Å²) >= 11 is 0. The van der Waals surface area contributed by atoms with Crippen molar-refractivity contribution in [3.8, 4) is 0 Å². The van der Waals surface area contributed by atoms with Crippen LogP contribution in [0.2, 0.25) is 0 Å². The first kappa shape index (κ1) is 17.6. The van der Waals surface area contributed by atoms with E-state index in [1.165, 1.54) is 11.9 Å². The zero-order valence-corrected chi connectivity index (χ0v) is 14.9. The Kier molecular flexibility index (Phi) is 5.59. The summed E-state index contributed by atoms with van der Waals surface area (Å²) in [7, 11) is 0. The summed E-state index contributed by atoms with van der Waals surface area (Å²) in [5.41, 5.74) is 3.57. The van der Waals surface area contributed by atoms with Gasteiger partial charge in [0.05, 0.1) is 0 Å². The molecule has 1 aromatic heterocycles. The van der Waals surface area contributed by atoms with Crippen molar-refractivity contribution in [1.29, 1.82) is 0 Å². The van der Waals surface area contributed by atoms with Gasteiger partial charge in [0.2, 0.25) is 0 Å². The van der Waals surface area contributed by atoms with E-state index in [2.05, 4.69) is 46.6 Å². The van der Waals surface area contributed by atoms with E-state index >= 15 is 0 Å². The van der Waals surface area contributed by atoms with Crippen LogP contribution in [0.1, 0.15) is 41.4 Å². The molecule has 0 atom stereocenters. The van der Waals surface area contributed by atoms with E-state index in [0.717, 1.165) is 11.3 Å². The van der Waals surface area contributed by atoms with Crippen LogP contribution in [0.25, 0.3) is 0 Å². The van der Waals surface area contributed by atoms with Crippen LogP contribution in [0, 0.1) is 0 Å². The molecule has 0 aliphatic rings. The Balaban J connectivity index is 1.64. The Bertz CT molecular complexity index is 861. The van der Waals surface area contributed by atoms with Gasteiger partial charge in [0.25, 0.3) is 5.91 Å². The lowest BCUT2D eigenvalue weighted by Gasteiger charge is -2.09. The Hall–Kier alpha value is -3.21. The summed E-state index contributed by atoms with van der Waals surface area (Å²) in [6, 6.07) is 19.6. The van der Waals surface area contributed by atoms with Crippen LogP contribution in [0.4, 0.5) is 11.5 Å². The molecule has 0 saturated heterocycles. The summed E-state index contributed by atoms with van der Waals surface area (Å²) in [5, 5.41) is 6.08. The molecule has 0 bridgehead atoms. The summed E-state index contributed by atoms with van der Waals surface area (Å²) in [5.74, 6) is 0.847. The van der Waals surface area contributed by atoms with Crippen LogP contribution < -0.4 is 10.6 Å². The smallest absolute Gasteiger partial charge is 0.270 e. The zero-order valence-electron chi connectivity index (χ0n) is 14.9. The van der Waals surface area contributed by atoms with Crippen molar-refractivity contribution in [3.63, 3.8) is 0 Å². The molecule has 0 aliphatic carbocycles. The maximum atomic E-state index is 12.3. The van der Waals surface area contributed by atoms with Crippen LogP contribution in [0.5, 0.6) is 0 Å². The number of aromatic nitrogens is 2. The third kappa shape index (κ3) is 4.66. The molecule has 2 aromatic carbocycles. The minimum Gasteiger partial charge on any atom is -0.347 e. The third-order valence-electron chi connectivity index (χ3n) is 4.05. The van der Waals surface area contributed by atoms with Crippen LogP contribution in [-0.2, 0) is 6.54 Å². The summed E-state index contributed by atoms with van der Waals surface area (Å²) in [6.07, 6.45) is 1.39. The van der Waals surface area contributed by atoms with Gasteiger partial charge in [-0.25, -0.2) is 9.97 Å². The molecule has 0 unspecified atom stereocenters. The van der Waals surface area contributed by atoms with E-state index in [1.807, 2.05) is 42.5 Å². The maximum Gasteiger partial charge on any atom is 0.270 e. The highest BCUT2D eigenvalue weighted by molar-refractivity contribution is 5.92. The summed E-state index contributed by atoms with van der Waals surface area (Å²) in [4.78, 5) is 20.6. The topological polar surface area (TPSA) is 66.9 Å². The van der Waals surface area contributed by atoms with E-state index in [-0.39, 0.29) is 5.91 Å². The van der Waals surface area contributed by atoms with Crippen LogP contribution in [-0.4, -0.2) is 15.9 Å². The van der Waals surface area contributed by atoms with Gasteiger partial charge in [-0.3, -0.25) is 4.79 Å². The average Bonchev–Trinajstić information content (AvgIpc) is 2.67. The molecule has 0 radical (unpaired) electrons. The number of anilines is 2. The standard InChI is InChI=1S/C21H22N4O/c1-15(2)17-8-10-18(11-9-17)25-20-12-19(23-14-24-20)21(26)22-13-16-6-4-3-5-7-16/h3-12,14-15H,13H2,1-2H3,(H,22,26)(H,23,24,25). The van der Waals surface area contributed by atoms with Gasteiger partial charge >= 0.3 is 0 Å². The normalized spacial score (nSPS) is 10.6. The van der Waals surface area contributed by atoms with Crippen molar-refractivity contribution in [3.05, 3.63) is 83.8 Å². The molecule has 0 spiro atoms. The summed E-state index contributed by atoms with van der Waals surface area (Å²) in [6.45, 7) is 4.78. The molecule has 0 saturated carbocycles. The first-order valence-electron chi connectivity index (χ1n) is 8.63. The monoisotopic (exact) mass is 346 g/mol. The van der Waals surface area contributed by atoms with Gasteiger partial charge in [-0.05, 0) is 29.2 Å². The van der Waals surface area contributed by atoms with Crippen LogP contribution >= 0.6 is 0 Å². The molecule has 132 valence electrons. The lowest BCUT2D eigenvalue weighted by atomic mass is 10.0. The number of hydrogen-bond acceptors (Lipinski definition) is 4. The third-order valence-corrected chi connectivity index (χ3v) is 4.05. The van der Waals surface area contributed by atoms with Crippen LogP contribution in [0.3, 0.4) is 0 Å². The lowest BCUT2D eigenvalue weighted by Crippen LogP contribution is -2.24. The van der Waals surface area contributed by atoms with Crippen LogP contribution in [0.15, 0.2) is 67.0 Å². The second-order valence-electron chi connectivity index (χ2n) is 6.36. The number of nitrogens with one attached hydrogen (secondary N) is 2. The fourth-order valence-electron chi connectivity index (χ4n) is 2.52. The van der Waals surface area contributed by atoms with Crippen molar-refractivity contribution in [1.82, 2.24) is 15.3 Å². The fourth-order valence-corrected chi connectivity index (χ4v) is 2.52. The molecule has 2 N–H and O–H groups in total. The Morgan fingerprint density at radius 1 is 1.00 bits per heavy atom. The molecule has 3 aromatic rings. The van der Waals surface area contributed by atoms with E-state index in [4.69, 9.17) is 0 Å². The Morgan fingerprint density at radius 3 is 2.42 bits per heavy atom. The number of amides is 1. The van der Waals surface area contributed by atoms with Crippen molar-refractivity contribution in [2.75, 3.05) is 5.32 Å². The molecule has 0 fully saturated rings. The molecule has 3 rings (SSSR count). The highest BCUT2D eigenvalue weighted by Gasteiger charge is 2.09. The van der Waals surface area contributed by atoms with Crippen molar-refractivity contribution >= 4 is 17.4 Å². The number of nitrogens with zero attached hydrogens (tertiary/aromatic N) is 2. The number of carbonyl (C=O) groups excluding carboxylic acids is 1. The quantitative estimate of drug-likeness (QED) is 0.699. The van der Waals surface area contributed by atoms with Gasteiger partial charge < -0.3 is 10.6 Å². The first-order valence-corrected chi connectivity index (χ1v) is 8.63. The fraction of sp³-hybridized carbons (Fsp3) is 0.190. The minimum absolute atomic E-state index is 0.227. The van der Waals surface area contributed by atoms with E-state index in [1.54, 1.807) is 6.07 Å². The molecule has 0 aliphatic heterocycles. The Morgan fingerprint density at radius 2 is 1.73 bits per heavy atom. The van der Waals surface area contributed by atoms with Crippen molar-refractivity contribution in [2.45, 2.75) is 26.3 Å². The highest BCUT2D eigenvalue weighted by Crippen LogP contribution is 2.19. The zero-order chi connectivity index (χ0) is 18.4. The molecule has 26 heavy (non-hydrogen) atoms. The van der Waals surface area contributed by atoms with Crippen molar-refractivity contribution in [2.24, 2.45) is 0 Å². The first-order chi connectivity index (χ1) is 12.6. The number of hydrogen-bond donors (Lipinski definition) is 2. The minimum atomic E-state index is -0.227. The molecular formula is C21H22N4O. The number of carbonyl (C=O) groups is 1. The second-order valence-corrected chi connectivity index (χ2v) is 6.36. The van der Waals surface area contributed by atoms with Gasteiger partial charge in [-0.2, -0.15) is 0 Å². The molecule has 5 nitrogen and oxygen atoms in total. The molecule has 1 amide bonds. The maximum absolute atomic E-state index is 12.3. The average molecular weight is 346 g/mol. The highest BCUT2D eigenvalue weighted by atomic mass is 16.1. The molecular weight excluding hydrogens is 324 g/mol. The van der Waals surface area contributed by atoms with Gasteiger partial charge in [-0.15, -0.1) is 0 Å². The van der Waals surface area contributed by atoms with E-state index in [0.29, 0.717) is 24.0 Å².